The molecule has 1 aliphatic rings. The molecule has 0 bridgehead atoms. The number of nitrogens with one attached hydrogen (secondary N) is 1. The van der Waals surface area contributed by atoms with Crippen molar-refractivity contribution >= 4 is 0 Å². The van der Waals surface area contributed by atoms with Gasteiger partial charge in [-0.25, -0.2) is 0 Å². The molecule has 3 heteroatoms. The van der Waals surface area contributed by atoms with E-state index in [1.807, 2.05) is 0 Å². The molecule has 0 amide bonds. The number of rotatable bonds is 7. The van der Waals surface area contributed by atoms with Crippen molar-refractivity contribution in [3.63, 3.8) is 0 Å². The van der Waals surface area contributed by atoms with Crippen molar-refractivity contribution in [1.82, 2.24) is 10.2 Å². The number of likely N-dealkylation sites (tertiary alicyclic amines) is 1. The van der Waals surface area contributed by atoms with E-state index in [2.05, 4.69) is 55.3 Å². The first-order valence-corrected chi connectivity index (χ1v) is 8.24. The molecule has 0 atom stereocenters. The topological polar surface area (TPSA) is 24.5 Å². The van der Waals surface area contributed by atoms with Crippen molar-refractivity contribution in [3.05, 3.63) is 29.8 Å². The van der Waals surface area contributed by atoms with Crippen LogP contribution in [0.4, 0.5) is 0 Å². The predicted octanol–water partition coefficient (Wildman–Crippen LogP) is 3.30. The average Bonchev–Trinajstić information content (AvgIpc) is 2.45. The molecule has 0 saturated carbocycles. The van der Waals surface area contributed by atoms with Gasteiger partial charge in [-0.2, -0.15) is 0 Å². The Balaban J connectivity index is 1.80. The van der Waals surface area contributed by atoms with Crippen LogP contribution < -0.4 is 10.1 Å². The lowest BCUT2D eigenvalue weighted by Gasteiger charge is -2.37. The molecule has 1 saturated heterocycles. The summed E-state index contributed by atoms with van der Waals surface area (Å²) in [6, 6.07) is 8.34. The highest BCUT2D eigenvalue weighted by atomic mass is 16.5. The fourth-order valence-electron chi connectivity index (χ4n) is 3.07. The molecule has 1 N–H and O–H groups in total. The lowest BCUT2D eigenvalue weighted by molar-refractivity contribution is 0.102. The third-order valence-electron chi connectivity index (χ3n) is 4.18. The van der Waals surface area contributed by atoms with Crippen LogP contribution in [-0.4, -0.2) is 37.7 Å². The molecule has 21 heavy (non-hydrogen) atoms. The van der Waals surface area contributed by atoms with Crippen LogP contribution in [0.1, 0.15) is 39.2 Å². The summed E-state index contributed by atoms with van der Waals surface area (Å²) in [5.41, 5.74) is 1.71. The maximum Gasteiger partial charge on any atom is 0.123 e. The molecule has 0 aromatic heterocycles. The van der Waals surface area contributed by atoms with Gasteiger partial charge in [0.05, 0.1) is 0 Å². The Labute approximate surface area is 129 Å². The number of nitrogens with zero attached hydrogens (tertiary/aromatic N) is 1. The maximum atomic E-state index is 6.02. The number of hydrogen-bond donors (Lipinski definition) is 1. The van der Waals surface area contributed by atoms with Crippen molar-refractivity contribution in [3.8, 4) is 5.75 Å². The van der Waals surface area contributed by atoms with Crippen LogP contribution in [0.2, 0.25) is 0 Å². The van der Waals surface area contributed by atoms with E-state index in [0.29, 0.717) is 5.41 Å². The maximum absolute atomic E-state index is 6.02. The van der Waals surface area contributed by atoms with E-state index in [0.717, 1.165) is 32.0 Å². The lowest BCUT2D eigenvalue weighted by atomic mass is 9.84. The first-order valence-electron chi connectivity index (χ1n) is 8.24. The van der Waals surface area contributed by atoms with Gasteiger partial charge in [-0.05, 0) is 37.4 Å². The summed E-state index contributed by atoms with van der Waals surface area (Å²) in [6.45, 7) is 12.9. The molecule has 0 aliphatic carbocycles. The van der Waals surface area contributed by atoms with Crippen molar-refractivity contribution in [2.45, 2.75) is 40.2 Å². The third-order valence-corrected chi connectivity index (χ3v) is 4.18. The van der Waals surface area contributed by atoms with Crippen LogP contribution in [0.25, 0.3) is 0 Å². The van der Waals surface area contributed by atoms with Gasteiger partial charge in [0, 0.05) is 25.2 Å². The van der Waals surface area contributed by atoms with E-state index in [-0.39, 0.29) is 0 Å². The standard InChI is InChI=1S/C18H30N2O/c1-4-19-14-16-8-5-6-9-17(16)21-13-12-20-11-7-10-18(2,3)15-20/h5-6,8-9,19H,4,7,10-15H2,1-3H3. The highest BCUT2D eigenvalue weighted by Crippen LogP contribution is 2.28. The van der Waals surface area contributed by atoms with Crippen LogP contribution in [0.5, 0.6) is 5.75 Å². The van der Waals surface area contributed by atoms with Crippen LogP contribution in [0.15, 0.2) is 24.3 Å². The van der Waals surface area contributed by atoms with Gasteiger partial charge in [0.2, 0.25) is 0 Å². The molecular formula is C18H30N2O. The summed E-state index contributed by atoms with van der Waals surface area (Å²) < 4.78 is 6.02. The summed E-state index contributed by atoms with van der Waals surface area (Å²) in [6.07, 6.45) is 2.65. The van der Waals surface area contributed by atoms with Crippen molar-refractivity contribution in [2.75, 3.05) is 32.8 Å². The first-order chi connectivity index (χ1) is 10.1. The lowest BCUT2D eigenvalue weighted by Crippen LogP contribution is -2.41. The Morgan fingerprint density at radius 3 is 2.86 bits per heavy atom. The van der Waals surface area contributed by atoms with Gasteiger partial charge in [-0.15, -0.1) is 0 Å². The Kier molecular flexibility index (Phi) is 6.07. The molecule has 2 rings (SSSR count). The predicted molar refractivity (Wildman–Crippen MR) is 88.8 cm³/mol. The zero-order chi connectivity index (χ0) is 15.1. The van der Waals surface area contributed by atoms with Crippen LogP contribution >= 0.6 is 0 Å². The monoisotopic (exact) mass is 290 g/mol. The van der Waals surface area contributed by atoms with E-state index in [1.54, 1.807) is 0 Å². The van der Waals surface area contributed by atoms with E-state index in [4.69, 9.17) is 4.74 Å². The van der Waals surface area contributed by atoms with Crippen molar-refractivity contribution in [1.29, 1.82) is 0 Å². The summed E-state index contributed by atoms with van der Waals surface area (Å²) in [5, 5.41) is 3.37. The number of para-hydroxylation sites is 1. The Bertz CT molecular complexity index is 431. The van der Waals surface area contributed by atoms with Crippen molar-refractivity contribution in [2.24, 2.45) is 5.41 Å². The molecule has 1 aliphatic heterocycles. The number of hydrogen-bond acceptors (Lipinski definition) is 3. The zero-order valence-electron chi connectivity index (χ0n) is 13.8. The number of benzene rings is 1. The normalized spacial score (nSPS) is 18.6. The molecule has 0 radical (unpaired) electrons. The third kappa shape index (κ3) is 5.33. The smallest absolute Gasteiger partial charge is 0.123 e. The molecule has 1 aromatic rings. The average molecular weight is 290 g/mol. The second kappa shape index (κ2) is 7.81. The molecular weight excluding hydrogens is 260 g/mol. The Morgan fingerprint density at radius 1 is 1.29 bits per heavy atom. The van der Waals surface area contributed by atoms with E-state index in [9.17, 15) is 0 Å². The fourth-order valence-corrected chi connectivity index (χ4v) is 3.07. The molecule has 3 nitrogen and oxygen atoms in total. The zero-order valence-corrected chi connectivity index (χ0v) is 13.8. The first kappa shape index (κ1) is 16.3. The molecule has 1 fully saturated rings. The highest BCUT2D eigenvalue weighted by molar-refractivity contribution is 5.33. The second-order valence-corrected chi connectivity index (χ2v) is 6.78. The van der Waals surface area contributed by atoms with Crippen LogP contribution in [-0.2, 0) is 6.54 Å². The second-order valence-electron chi connectivity index (χ2n) is 6.78. The van der Waals surface area contributed by atoms with Crippen LogP contribution in [0.3, 0.4) is 0 Å². The SMILES string of the molecule is CCNCc1ccccc1OCCN1CCCC(C)(C)C1. The quantitative estimate of drug-likeness (QED) is 0.834. The fraction of sp³-hybridized carbons (Fsp3) is 0.667. The molecule has 0 unspecified atom stereocenters. The number of piperidine rings is 1. The van der Waals surface area contributed by atoms with Crippen LogP contribution in [0, 0.1) is 5.41 Å². The summed E-state index contributed by atoms with van der Waals surface area (Å²) in [7, 11) is 0. The Morgan fingerprint density at radius 2 is 2.10 bits per heavy atom. The van der Waals surface area contributed by atoms with Gasteiger partial charge in [0.25, 0.3) is 0 Å². The number of ether oxygens (including phenoxy) is 1. The summed E-state index contributed by atoms with van der Waals surface area (Å²) >= 11 is 0. The van der Waals surface area contributed by atoms with Gasteiger partial charge in [-0.3, -0.25) is 4.90 Å². The van der Waals surface area contributed by atoms with Gasteiger partial charge in [0.15, 0.2) is 0 Å². The van der Waals surface area contributed by atoms with E-state index < -0.39 is 0 Å². The summed E-state index contributed by atoms with van der Waals surface area (Å²) in [5.74, 6) is 1.02. The largest absolute Gasteiger partial charge is 0.492 e. The minimum Gasteiger partial charge on any atom is -0.492 e. The van der Waals surface area contributed by atoms with Crippen molar-refractivity contribution < 1.29 is 4.74 Å². The molecule has 1 heterocycles. The van der Waals surface area contributed by atoms with Gasteiger partial charge < -0.3 is 10.1 Å². The molecule has 118 valence electrons. The summed E-state index contributed by atoms with van der Waals surface area (Å²) in [4.78, 5) is 2.54. The molecule has 0 spiro atoms. The minimum atomic E-state index is 0.460. The Hall–Kier alpha value is -1.06. The van der Waals surface area contributed by atoms with E-state index >= 15 is 0 Å². The van der Waals surface area contributed by atoms with E-state index in [1.165, 1.54) is 31.5 Å². The van der Waals surface area contributed by atoms with Gasteiger partial charge >= 0.3 is 0 Å². The highest BCUT2D eigenvalue weighted by Gasteiger charge is 2.25. The van der Waals surface area contributed by atoms with Gasteiger partial charge in [-0.1, -0.05) is 39.0 Å². The molecule has 1 aromatic carbocycles. The van der Waals surface area contributed by atoms with Gasteiger partial charge in [0.1, 0.15) is 12.4 Å². The minimum absolute atomic E-state index is 0.460.